The third-order valence-corrected chi connectivity index (χ3v) is 4.61. The van der Waals surface area contributed by atoms with E-state index in [-0.39, 0.29) is 6.03 Å². The molecule has 2 aliphatic rings. The van der Waals surface area contributed by atoms with Gasteiger partial charge in [-0.05, 0) is 17.7 Å². The average molecular weight is 357 g/mol. The number of urea groups is 1. The van der Waals surface area contributed by atoms with E-state index < -0.39 is 11.7 Å². The first-order chi connectivity index (χ1) is 11.9. The van der Waals surface area contributed by atoms with Crippen LogP contribution < -0.4 is 0 Å². The minimum Gasteiger partial charge on any atom is -0.378 e. The van der Waals surface area contributed by atoms with Gasteiger partial charge in [-0.1, -0.05) is 12.1 Å². The molecule has 0 atom stereocenters. The third-order valence-electron chi connectivity index (χ3n) is 4.61. The van der Waals surface area contributed by atoms with Gasteiger partial charge in [0.05, 0.1) is 18.8 Å². The van der Waals surface area contributed by atoms with E-state index in [0.717, 1.165) is 30.8 Å². The van der Waals surface area contributed by atoms with Crippen molar-refractivity contribution >= 4 is 6.03 Å². The lowest BCUT2D eigenvalue weighted by Gasteiger charge is -2.38. The molecule has 0 bridgehead atoms. The second-order valence-corrected chi connectivity index (χ2v) is 6.34. The number of piperazine rings is 1. The second kappa shape index (κ2) is 7.61. The molecule has 3 rings (SSSR count). The average Bonchev–Trinajstić information content (AvgIpc) is 2.62. The van der Waals surface area contributed by atoms with Crippen LogP contribution in [0.3, 0.4) is 0 Å². The summed E-state index contributed by atoms with van der Waals surface area (Å²) < 4.78 is 43.0. The van der Waals surface area contributed by atoms with Crippen LogP contribution >= 0.6 is 0 Å². The Balaban J connectivity index is 1.48. The lowest BCUT2D eigenvalue weighted by atomic mass is 10.1. The normalized spacial score (nSPS) is 20.0. The van der Waals surface area contributed by atoms with Crippen molar-refractivity contribution in [1.29, 1.82) is 0 Å². The van der Waals surface area contributed by atoms with Crippen molar-refractivity contribution in [3.63, 3.8) is 0 Å². The maximum absolute atomic E-state index is 12.6. The predicted molar refractivity (Wildman–Crippen MR) is 86.1 cm³/mol. The van der Waals surface area contributed by atoms with Crippen LogP contribution in [0.2, 0.25) is 0 Å². The fourth-order valence-electron chi connectivity index (χ4n) is 3.11. The Morgan fingerprint density at radius 3 is 2.04 bits per heavy atom. The van der Waals surface area contributed by atoms with E-state index in [0.29, 0.717) is 45.9 Å². The van der Waals surface area contributed by atoms with Crippen LogP contribution in [0.25, 0.3) is 0 Å². The summed E-state index contributed by atoms with van der Waals surface area (Å²) in [7, 11) is 0. The highest BCUT2D eigenvalue weighted by atomic mass is 19.4. The first-order valence-electron chi connectivity index (χ1n) is 8.43. The molecule has 138 valence electrons. The Labute approximate surface area is 144 Å². The molecule has 2 heterocycles. The van der Waals surface area contributed by atoms with Gasteiger partial charge in [-0.2, -0.15) is 13.2 Å². The molecule has 8 heteroatoms. The van der Waals surface area contributed by atoms with E-state index in [2.05, 4.69) is 4.90 Å². The summed E-state index contributed by atoms with van der Waals surface area (Å²) in [6.45, 7) is 5.73. The largest absolute Gasteiger partial charge is 0.416 e. The first-order valence-corrected chi connectivity index (χ1v) is 8.43. The van der Waals surface area contributed by atoms with Crippen LogP contribution in [-0.4, -0.2) is 73.2 Å². The van der Waals surface area contributed by atoms with Gasteiger partial charge < -0.3 is 14.5 Å². The molecule has 0 aromatic heterocycles. The number of carbonyl (C=O) groups excluding carboxylic acids is 1. The Bertz CT molecular complexity index is 578. The minimum absolute atomic E-state index is 0.0532. The molecular weight excluding hydrogens is 335 g/mol. The Hall–Kier alpha value is -1.80. The van der Waals surface area contributed by atoms with Crippen LogP contribution in [0.4, 0.5) is 18.0 Å². The van der Waals surface area contributed by atoms with Gasteiger partial charge in [-0.3, -0.25) is 4.90 Å². The van der Waals surface area contributed by atoms with Crippen LogP contribution in [0.1, 0.15) is 11.1 Å². The van der Waals surface area contributed by atoms with Crippen molar-refractivity contribution in [2.24, 2.45) is 0 Å². The summed E-state index contributed by atoms with van der Waals surface area (Å²) in [5.74, 6) is 0. The Morgan fingerprint density at radius 1 is 0.920 bits per heavy atom. The van der Waals surface area contributed by atoms with E-state index in [1.165, 1.54) is 12.1 Å². The quantitative estimate of drug-likeness (QED) is 0.815. The lowest BCUT2D eigenvalue weighted by molar-refractivity contribution is -0.137. The zero-order valence-corrected chi connectivity index (χ0v) is 14.0. The zero-order chi connectivity index (χ0) is 17.9. The van der Waals surface area contributed by atoms with Gasteiger partial charge in [-0.15, -0.1) is 0 Å². The van der Waals surface area contributed by atoms with Crippen LogP contribution in [0.5, 0.6) is 0 Å². The van der Waals surface area contributed by atoms with Gasteiger partial charge in [0.1, 0.15) is 0 Å². The number of amides is 2. The minimum atomic E-state index is -4.30. The van der Waals surface area contributed by atoms with Gasteiger partial charge in [0.15, 0.2) is 0 Å². The van der Waals surface area contributed by atoms with Gasteiger partial charge >= 0.3 is 12.2 Å². The summed E-state index contributed by atoms with van der Waals surface area (Å²) in [5.41, 5.74) is 0.220. The monoisotopic (exact) mass is 357 g/mol. The molecule has 1 aromatic rings. The van der Waals surface area contributed by atoms with Crippen LogP contribution in [0.15, 0.2) is 24.3 Å². The number of morpholine rings is 1. The molecule has 5 nitrogen and oxygen atoms in total. The molecule has 0 saturated carbocycles. The van der Waals surface area contributed by atoms with Gasteiger partial charge in [0, 0.05) is 45.8 Å². The number of carbonyl (C=O) groups is 1. The van der Waals surface area contributed by atoms with Crippen molar-refractivity contribution in [2.45, 2.75) is 12.7 Å². The zero-order valence-electron chi connectivity index (χ0n) is 14.0. The third kappa shape index (κ3) is 4.64. The molecule has 0 spiro atoms. The number of ether oxygens (including phenoxy) is 1. The number of benzene rings is 1. The fourth-order valence-corrected chi connectivity index (χ4v) is 3.11. The summed E-state index contributed by atoms with van der Waals surface area (Å²) in [4.78, 5) is 18.2. The maximum Gasteiger partial charge on any atom is 0.416 e. The Morgan fingerprint density at radius 2 is 1.48 bits per heavy atom. The molecule has 2 saturated heterocycles. The van der Waals surface area contributed by atoms with Crippen molar-refractivity contribution in [3.05, 3.63) is 35.4 Å². The standard InChI is InChI=1S/C17H22F3N3O2/c18-17(19,20)15-3-1-14(2-4-15)13-21-5-7-22(8-6-21)16(24)23-9-11-25-12-10-23/h1-4H,5-13H2. The number of hydrogen-bond donors (Lipinski definition) is 0. The van der Waals surface area contributed by atoms with E-state index in [1.54, 1.807) is 0 Å². The summed E-state index contributed by atoms with van der Waals surface area (Å²) in [6.07, 6.45) is -4.30. The molecule has 25 heavy (non-hydrogen) atoms. The number of rotatable bonds is 2. The van der Waals surface area contributed by atoms with Gasteiger partial charge in [0.2, 0.25) is 0 Å². The maximum atomic E-state index is 12.6. The number of hydrogen-bond acceptors (Lipinski definition) is 3. The van der Waals surface area contributed by atoms with Crippen LogP contribution in [0, 0.1) is 0 Å². The van der Waals surface area contributed by atoms with E-state index in [9.17, 15) is 18.0 Å². The molecule has 0 N–H and O–H groups in total. The van der Waals surface area contributed by atoms with E-state index >= 15 is 0 Å². The molecule has 2 aliphatic heterocycles. The number of alkyl halides is 3. The first kappa shape index (κ1) is 18.0. The molecule has 1 aromatic carbocycles. The second-order valence-electron chi connectivity index (χ2n) is 6.34. The molecular formula is C17H22F3N3O2. The smallest absolute Gasteiger partial charge is 0.378 e. The lowest BCUT2D eigenvalue weighted by Crippen LogP contribution is -2.54. The van der Waals surface area contributed by atoms with Gasteiger partial charge in [0.25, 0.3) is 0 Å². The molecule has 2 fully saturated rings. The highest BCUT2D eigenvalue weighted by molar-refractivity contribution is 5.74. The Kier molecular flexibility index (Phi) is 5.48. The van der Waals surface area contributed by atoms with Crippen molar-refractivity contribution in [3.8, 4) is 0 Å². The molecule has 0 aliphatic carbocycles. The molecule has 0 unspecified atom stereocenters. The number of nitrogens with zero attached hydrogens (tertiary/aromatic N) is 3. The molecule has 0 radical (unpaired) electrons. The topological polar surface area (TPSA) is 36.0 Å². The molecule has 2 amide bonds. The fraction of sp³-hybridized carbons (Fsp3) is 0.588. The summed E-state index contributed by atoms with van der Waals surface area (Å²) in [5, 5.41) is 0. The summed E-state index contributed by atoms with van der Waals surface area (Å²) >= 11 is 0. The summed E-state index contributed by atoms with van der Waals surface area (Å²) in [6, 6.07) is 5.33. The van der Waals surface area contributed by atoms with Gasteiger partial charge in [-0.25, -0.2) is 4.79 Å². The predicted octanol–water partition coefficient (Wildman–Crippen LogP) is 2.28. The van der Waals surface area contributed by atoms with E-state index in [1.807, 2.05) is 9.80 Å². The van der Waals surface area contributed by atoms with Crippen molar-refractivity contribution in [1.82, 2.24) is 14.7 Å². The number of halogens is 3. The van der Waals surface area contributed by atoms with Crippen molar-refractivity contribution in [2.75, 3.05) is 52.5 Å². The highest BCUT2D eigenvalue weighted by Gasteiger charge is 2.30. The van der Waals surface area contributed by atoms with Crippen molar-refractivity contribution < 1.29 is 22.7 Å². The van der Waals surface area contributed by atoms with E-state index in [4.69, 9.17) is 4.74 Å². The SMILES string of the molecule is O=C(N1CCOCC1)N1CCN(Cc2ccc(C(F)(F)F)cc2)CC1. The van der Waals surface area contributed by atoms with Crippen LogP contribution in [-0.2, 0) is 17.5 Å². The highest BCUT2D eigenvalue weighted by Crippen LogP contribution is 2.29.